The smallest absolute Gasteiger partial charge is 0.255 e. The lowest BCUT2D eigenvalue weighted by molar-refractivity contribution is 0.102. The van der Waals surface area contributed by atoms with Crippen molar-refractivity contribution in [1.29, 1.82) is 0 Å². The van der Waals surface area contributed by atoms with Gasteiger partial charge < -0.3 is 9.73 Å². The third kappa shape index (κ3) is 3.43. The van der Waals surface area contributed by atoms with Gasteiger partial charge in [0.2, 0.25) is 5.89 Å². The zero-order valence-corrected chi connectivity index (χ0v) is 13.5. The average molecular weight is 327 g/mol. The third-order valence-electron chi connectivity index (χ3n) is 3.52. The Labute approximate surface area is 139 Å². The van der Waals surface area contributed by atoms with Crippen LogP contribution in [0.2, 0.25) is 5.02 Å². The number of amides is 1. The van der Waals surface area contributed by atoms with Crippen LogP contribution in [0.1, 0.15) is 21.8 Å². The molecule has 0 atom stereocenters. The van der Waals surface area contributed by atoms with Crippen molar-refractivity contribution in [2.24, 2.45) is 0 Å². The van der Waals surface area contributed by atoms with E-state index in [4.69, 9.17) is 16.0 Å². The highest BCUT2D eigenvalue weighted by atomic mass is 35.5. The number of hydrogen-bond acceptors (Lipinski definition) is 3. The van der Waals surface area contributed by atoms with E-state index < -0.39 is 0 Å². The number of hydrogen-bond donors (Lipinski definition) is 1. The molecule has 5 heteroatoms. The van der Waals surface area contributed by atoms with Gasteiger partial charge in [0.25, 0.3) is 5.91 Å². The molecule has 0 unspecified atom stereocenters. The van der Waals surface area contributed by atoms with Gasteiger partial charge in [0, 0.05) is 21.8 Å². The molecule has 1 heterocycles. The number of rotatable bonds is 3. The maximum absolute atomic E-state index is 12.1. The van der Waals surface area contributed by atoms with Crippen molar-refractivity contribution in [1.82, 2.24) is 4.98 Å². The highest BCUT2D eigenvalue weighted by Gasteiger charge is 2.09. The first kappa shape index (κ1) is 15.3. The Kier molecular flexibility index (Phi) is 4.17. The molecular weight excluding hydrogens is 312 g/mol. The molecule has 0 radical (unpaired) electrons. The van der Waals surface area contributed by atoms with Crippen LogP contribution in [0.3, 0.4) is 0 Å². The summed E-state index contributed by atoms with van der Waals surface area (Å²) in [6, 6.07) is 14.1. The summed E-state index contributed by atoms with van der Waals surface area (Å²) in [5, 5.41) is 3.44. The Bertz CT molecular complexity index is 817. The third-order valence-corrected chi connectivity index (χ3v) is 3.78. The van der Waals surface area contributed by atoms with E-state index in [0.29, 0.717) is 22.2 Å². The van der Waals surface area contributed by atoms with Crippen molar-refractivity contribution in [3.8, 4) is 11.5 Å². The van der Waals surface area contributed by atoms with Gasteiger partial charge in [-0.15, -0.1) is 0 Å². The molecule has 3 rings (SSSR count). The topological polar surface area (TPSA) is 55.1 Å². The second-order valence-corrected chi connectivity index (χ2v) is 5.64. The highest BCUT2D eigenvalue weighted by Crippen LogP contribution is 2.23. The lowest BCUT2D eigenvalue weighted by atomic mass is 10.2. The SMILES string of the molecule is Cc1nc(-c2ccc(NC(=O)c3ccc(Cl)cc3)cc2)oc1C. The van der Waals surface area contributed by atoms with Crippen molar-refractivity contribution < 1.29 is 9.21 Å². The van der Waals surface area contributed by atoms with Crippen molar-refractivity contribution in [2.75, 3.05) is 5.32 Å². The second-order valence-electron chi connectivity index (χ2n) is 5.20. The summed E-state index contributed by atoms with van der Waals surface area (Å²) in [6.45, 7) is 3.79. The van der Waals surface area contributed by atoms with Crippen LogP contribution in [-0.4, -0.2) is 10.9 Å². The fourth-order valence-corrected chi connectivity index (χ4v) is 2.22. The normalized spacial score (nSPS) is 10.6. The largest absolute Gasteiger partial charge is 0.441 e. The second kappa shape index (κ2) is 6.26. The van der Waals surface area contributed by atoms with Crippen LogP contribution >= 0.6 is 11.6 Å². The summed E-state index contributed by atoms with van der Waals surface area (Å²) in [5.41, 5.74) is 3.00. The molecule has 0 aliphatic rings. The number of oxazole rings is 1. The lowest BCUT2D eigenvalue weighted by Gasteiger charge is -2.06. The van der Waals surface area contributed by atoms with E-state index in [1.165, 1.54) is 0 Å². The van der Waals surface area contributed by atoms with Crippen LogP contribution in [0.25, 0.3) is 11.5 Å². The van der Waals surface area contributed by atoms with Crippen LogP contribution in [0.4, 0.5) is 5.69 Å². The predicted octanol–water partition coefficient (Wildman–Crippen LogP) is 4.86. The minimum Gasteiger partial charge on any atom is -0.441 e. The van der Waals surface area contributed by atoms with Gasteiger partial charge in [-0.3, -0.25) is 4.79 Å². The van der Waals surface area contributed by atoms with Crippen LogP contribution in [-0.2, 0) is 0 Å². The molecule has 4 nitrogen and oxygen atoms in total. The van der Waals surface area contributed by atoms with E-state index >= 15 is 0 Å². The average Bonchev–Trinajstić information content (AvgIpc) is 2.88. The molecule has 0 fully saturated rings. The molecule has 2 aromatic carbocycles. The van der Waals surface area contributed by atoms with Gasteiger partial charge >= 0.3 is 0 Å². The summed E-state index contributed by atoms with van der Waals surface area (Å²) >= 11 is 5.82. The molecular formula is C18H15ClN2O2. The number of nitrogens with one attached hydrogen (secondary N) is 1. The van der Waals surface area contributed by atoms with Crippen molar-refractivity contribution >= 4 is 23.2 Å². The summed E-state index contributed by atoms with van der Waals surface area (Å²) in [6.07, 6.45) is 0. The summed E-state index contributed by atoms with van der Waals surface area (Å²) in [4.78, 5) is 16.5. The highest BCUT2D eigenvalue weighted by molar-refractivity contribution is 6.30. The minimum atomic E-state index is -0.183. The Hall–Kier alpha value is -2.59. The van der Waals surface area contributed by atoms with E-state index in [0.717, 1.165) is 17.0 Å². The number of halogens is 1. The molecule has 0 saturated carbocycles. The van der Waals surface area contributed by atoms with Crippen LogP contribution in [0.15, 0.2) is 52.9 Å². The van der Waals surface area contributed by atoms with E-state index in [1.807, 2.05) is 38.1 Å². The zero-order chi connectivity index (χ0) is 16.4. The lowest BCUT2D eigenvalue weighted by Crippen LogP contribution is -2.11. The first-order chi connectivity index (χ1) is 11.0. The van der Waals surface area contributed by atoms with Gasteiger partial charge in [0.05, 0.1) is 5.69 Å². The quantitative estimate of drug-likeness (QED) is 0.747. The summed E-state index contributed by atoms with van der Waals surface area (Å²) in [5.74, 6) is 1.20. The molecule has 0 saturated heterocycles. The summed E-state index contributed by atoms with van der Waals surface area (Å²) < 4.78 is 5.59. The molecule has 0 aliphatic heterocycles. The number of aryl methyl sites for hydroxylation is 2. The van der Waals surface area contributed by atoms with Crippen molar-refractivity contribution in [3.05, 3.63) is 70.6 Å². The van der Waals surface area contributed by atoms with Crippen LogP contribution < -0.4 is 5.32 Å². The molecule has 23 heavy (non-hydrogen) atoms. The van der Waals surface area contributed by atoms with E-state index in [-0.39, 0.29) is 5.91 Å². The molecule has 3 aromatic rings. The zero-order valence-electron chi connectivity index (χ0n) is 12.8. The molecule has 0 bridgehead atoms. The summed E-state index contributed by atoms with van der Waals surface area (Å²) in [7, 11) is 0. The van der Waals surface area contributed by atoms with Gasteiger partial charge in [0.1, 0.15) is 5.76 Å². The van der Waals surface area contributed by atoms with E-state index in [1.54, 1.807) is 24.3 Å². The number of carbonyl (C=O) groups excluding carboxylic acids is 1. The Morgan fingerprint density at radius 2 is 1.70 bits per heavy atom. The van der Waals surface area contributed by atoms with Crippen LogP contribution in [0.5, 0.6) is 0 Å². The molecule has 116 valence electrons. The monoisotopic (exact) mass is 326 g/mol. The fourth-order valence-electron chi connectivity index (χ4n) is 2.10. The minimum absolute atomic E-state index is 0.183. The van der Waals surface area contributed by atoms with Crippen molar-refractivity contribution in [2.45, 2.75) is 13.8 Å². The number of carbonyl (C=O) groups is 1. The molecule has 1 N–H and O–H groups in total. The molecule has 0 spiro atoms. The predicted molar refractivity (Wildman–Crippen MR) is 90.8 cm³/mol. The van der Waals surface area contributed by atoms with Gasteiger partial charge in [-0.2, -0.15) is 0 Å². The fraction of sp³-hybridized carbons (Fsp3) is 0.111. The standard InChI is InChI=1S/C18H15ClN2O2/c1-11-12(2)23-18(20-11)14-5-9-16(10-6-14)21-17(22)13-3-7-15(19)8-4-13/h3-10H,1-2H3,(H,21,22). The molecule has 0 aliphatic carbocycles. The van der Waals surface area contributed by atoms with Gasteiger partial charge in [-0.05, 0) is 62.4 Å². The Balaban J connectivity index is 1.74. The van der Waals surface area contributed by atoms with Gasteiger partial charge in [-0.1, -0.05) is 11.6 Å². The molecule has 1 amide bonds. The first-order valence-corrected chi connectivity index (χ1v) is 7.52. The number of aromatic nitrogens is 1. The maximum atomic E-state index is 12.1. The number of benzene rings is 2. The maximum Gasteiger partial charge on any atom is 0.255 e. The van der Waals surface area contributed by atoms with Crippen molar-refractivity contribution in [3.63, 3.8) is 0 Å². The van der Waals surface area contributed by atoms with Crippen LogP contribution in [0, 0.1) is 13.8 Å². The first-order valence-electron chi connectivity index (χ1n) is 7.14. The number of anilines is 1. The van der Waals surface area contributed by atoms with Gasteiger partial charge in [0.15, 0.2) is 0 Å². The van der Waals surface area contributed by atoms with Gasteiger partial charge in [-0.25, -0.2) is 4.98 Å². The number of nitrogens with zero attached hydrogens (tertiary/aromatic N) is 1. The Morgan fingerprint density at radius 1 is 1.04 bits per heavy atom. The molecule has 1 aromatic heterocycles. The van der Waals surface area contributed by atoms with E-state index in [9.17, 15) is 4.79 Å². The Morgan fingerprint density at radius 3 is 2.26 bits per heavy atom. The van der Waals surface area contributed by atoms with E-state index in [2.05, 4.69) is 10.3 Å².